The summed E-state index contributed by atoms with van der Waals surface area (Å²) in [4.78, 5) is 16.5. The number of hydrogen-bond acceptors (Lipinski definition) is 3. The Balaban J connectivity index is 1.56. The first kappa shape index (κ1) is 16.5. The van der Waals surface area contributed by atoms with E-state index in [1.54, 1.807) is 0 Å². The number of piperidine rings is 1. The molecule has 0 radical (unpaired) electrons. The van der Waals surface area contributed by atoms with E-state index in [1.165, 1.54) is 16.7 Å². The average Bonchev–Trinajstić information content (AvgIpc) is 3.01. The third-order valence-electron chi connectivity index (χ3n) is 5.55. The molecule has 3 rings (SSSR count). The van der Waals surface area contributed by atoms with Gasteiger partial charge in [0, 0.05) is 12.6 Å². The third kappa shape index (κ3) is 3.75. The van der Waals surface area contributed by atoms with Crippen LogP contribution in [0.1, 0.15) is 42.4 Å². The monoisotopic (exact) mass is 315 g/mol. The number of benzene rings is 1. The van der Waals surface area contributed by atoms with E-state index >= 15 is 0 Å². The lowest BCUT2D eigenvalue weighted by atomic mass is 10.00. The van der Waals surface area contributed by atoms with Crippen molar-refractivity contribution in [3.8, 4) is 0 Å². The molecular formula is C19H29N3O. The van der Waals surface area contributed by atoms with Gasteiger partial charge in [0.05, 0.1) is 6.04 Å². The molecule has 0 aromatic heterocycles. The molecule has 0 aliphatic carbocycles. The predicted octanol–water partition coefficient (Wildman–Crippen LogP) is 2.22. The van der Waals surface area contributed by atoms with E-state index < -0.39 is 0 Å². The Bertz CT molecular complexity index is 564. The summed E-state index contributed by atoms with van der Waals surface area (Å²) in [6, 6.07) is 7.22. The summed E-state index contributed by atoms with van der Waals surface area (Å²) >= 11 is 0. The predicted molar refractivity (Wildman–Crippen MR) is 93.1 cm³/mol. The van der Waals surface area contributed by atoms with Crippen LogP contribution in [0.25, 0.3) is 0 Å². The number of amides is 1. The Hall–Kier alpha value is -1.39. The van der Waals surface area contributed by atoms with Crippen LogP contribution in [0, 0.1) is 13.8 Å². The number of rotatable bonds is 4. The molecule has 1 atom stereocenters. The first-order valence-electron chi connectivity index (χ1n) is 8.88. The number of hydrogen-bond donors (Lipinski definition) is 1. The minimum absolute atomic E-state index is 0.0226. The summed E-state index contributed by atoms with van der Waals surface area (Å²) in [5.41, 5.74) is 9.72. The Labute approximate surface area is 139 Å². The number of carbonyl (C=O) groups is 1. The topological polar surface area (TPSA) is 49.6 Å². The van der Waals surface area contributed by atoms with Gasteiger partial charge < -0.3 is 5.73 Å². The maximum atomic E-state index is 11.6. The van der Waals surface area contributed by atoms with Gasteiger partial charge in [-0.3, -0.25) is 14.6 Å². The molecule has 0 spiro atoms. The molecule has 0 saturated carbocycles. The summed E-state index contributed by atoms with van der Waals surface area (Å²) < 4.78 is 0. The standard InChI is InChI=1S/C19H29N3O/c1-14-5-6-15(2)16(12-14)13-21-10-7-17(8-11-21)22-9-3-4-18(22)19(20)23/h5-6,12,17-18H,3-4,7-11,13H2,1-2H3,(H2,20,23). The van der Waals surface area contributed by atoms with Crippen LogP contribution in [0.3, 0.4) is 0 Å². The minimum Gasteiger partial charge on any atom is -0.368 e. The SMILES string of the molecule is Cc1ccc(C)c(CN2CCC(N3CCCC3C(N)=O)CC2)c1. The van der Waals surface area contributed by atoms with Crippen molar-refractivity contribution in [3.63, 3.8) is 0 Å². The summed E-state index contributed by atoms with van der Waals surface area (Å²) in [5, 5.41) is 0. The summed E-state index contributed by atoms with van der Waals surface area (Å²) in [5.74, 6) is -0.139. The molecule has 1 aromatic carbocycles. The zero-order valence-electron chi connectivity index (χ0n) is 14.4. The maximum absolute atomic E-state index is 11.6. The van der Waals surface area contributed by atoms with Crippen LogP contribution in [0.5, 0.6) is 0 Å². The van der Waals surface area contributed by atoms with E-state index in [0.717, 1.165) is 51.9 Å². The molecular weight excluding hydrogens is 286 g/mol. The molecule has 2 aliphatic rings. The van der Waals surface area contributed by atoms with Crippen molar-refractivity contribution in [3.05, 3.63) is 34.9 Å². The maximum Gasteiger partial charge on any atom is 0.234 e. The normalized spacial score (nSPS) is 24.2. The van der Waals surface area contributed by atoms with Crippen molar-refractivity contribution < 1.29 is 4.79 Å². The smallest absolute Gasteiger partial charge is 0.234 e. The zero-order valence-corrected chi connectivity index (χ0v) is 14.4. The van der Waals surface area contributed by atoms with Crippen LogP contribution < -0.4 is 5.73 Å². The zero-order chi connectivity index (χ0) is 16.4. The molecule has 1 amide bonds. The first-order valence-corrected chi connectivity index (χ1v) is 8.88. The fourth-order valence-corrected chi connectivity index (χ4v) is 4.15. The lowest BCUT2D eigenvalue weighted by Gasteiger charge is -2.38. The van der Waals surface area contributed by atoms with Crippen molar-refractivity contribution in [1.29, 1.82) is 0 Å². The number of nitrogens with zero attached hydrogens (tertiary/aromatic N) is 2. The van der Waals surface area contributed by atoms with Crippen LogP contribution in [0.2, 0.25) is 0 Å². The van der Waals surface area contributed by atoms with E-state index in [-0.39, 0.29) is 11.9 Å². The highest BCUT2D eigenvalue weighted by molar-refractivity contribution is 5.80. The van der Waals surface area contributed by atoms with Crippen LogP contribution in [0.15, 0.2) is 18.2 Å². The Morgan fingerprint density at radius 3 is 2.61 bits per heavy atom. The van der Waals surface area contributed by atoms with E-state index in [0.29, 0.717) is 6.04 Å². The fourth-order valence-electron chi connectivity index (χ4n) is 4.15. The molecule has 1 unspecified atom stereocenters. The van der Waals surface area contributed by atoms with Crippen LogP contribution in [-0.4, -0.2) is 47.4 Å². The molecule has 2 N–H and O–H groups in total. The summed E-state index contributed by atoms with van der Waals surface area (Å²) in [6.45, 7) is 8.66. The van der Waals surface area contributed by atoms with Crippen molar-refractivity contribution in [2.75, 3.05) is 19.6 Å². The second-order valence-electron chi connectivity index (χ2n) is 7.24. The summed E-state index contributed by atoms with van der Waals surface area (Å²) in [7, 11) is 0. The highest BCUT2D eigenvalue weighted by atomic mass is 16.1. The van der Waals surface area contributed by atoms with E-state index in [9.17, 15) is 4.79 Å². The van der Waals surface area contributed by atoms with Crippen LogP contribution in [-0.2, 0) is 11.3 Å². The Morgan fingerprint density at radius 2 is 1.91 bits per heavy atom. The Kier molecular flexibility index (Phi) is 5.02. The highest BCUT2D eigenvalue weighted by Crippen LogP contribution is 2.26. The van der Waals surface area contributed by atoms with Gasteiger partial charge in [-0.05, 0) is 70.3 Å². The lowest BCUT2D eigenvalue weighted by Crippen LogP contribution is -2.50. The van der Waals surface area contributed by atoms with Gasteiger partial charge in [-0.2, -0.15) is 0 Å². The van der Waals surface area contributed by atoms with Gasteiger partial charge in [0.1, 0.15) is 0 Å². The molecule has 2 heterocycles. The molecule has 4 nitrogen and oxygen atoms in total. The van der Waals surface area contributed by atoms with Crippen molar-refractivity contribution in [2.24, 2.45) is 5.73 Å². The van der Waals surface area contributed by atoms with Crippen molar-refractivity contribution >= 4 is 5.91 Å². The summed E-state index contributed by atoms with van der Waals surface area (Å²) in [6.07, 6.45) is 4.34. The molecule has 0 bridgehead atoms. The molecule has 2 saturated heterocycles. The second kappa shape index (κ2) is 7.02. The minimum atomic E-state index is -0.139. The molecule has 23 heavy (non-hydrogen) atoms. The van der Waals surface area contributed by atoms with Gasteiger partial charge in [0.2, 0.25) is 5.91 Å². The largest absolute Gasteiger partial charge is 0.368 e. The number of aryl methyl sites for hydroxylation is 2. The number of likely N-dealkylation sites (tertiary alicyclic amines) is 2. The van der Waals surface area contributed by atoms with Gasteiger partial charge in [-0.15, -0.1) is 0 Å². The first-order chi connectivity index (χ1) is 11.0. The van der Waals surface area contributed by atoms with Gasteiger partial charge in [-0.1, -0.05) is 23.8 Å². The fraction of sp³-hybridized carbons (Fsp3) is 0.632. The van der Waals surface area contributed by atoms with E-state index in [1.807, 2.05) is 0 Å². The number of nitrogens with two attached hydrogens (primary N) is 1. The highest BCUT2D eigenvalue weighted by Gasteiger charge is 2.35. The van der Waals surface area contributed by atoms with Crippen molar-refractivity contribution in [1.82, 2.24) is 9.80 Å². The molecule has 1 aromatic rings. The van der Waals surface area contributed by atoms with Gasteiger partial charge in [-0.25, -0.2) is 0 Å². The molecule has 2 fully saturated rings. The van der Waals surface area contributed by atoms with E-state index in [4.69, 9.17) is 5.73 Å². The van der Waals surface area contributed by atoms with Gasteiger partial charge >= 0.3 is 0 Å². The van der Waals surface area contributed by atoms with Crippen LogP contribution in [0.4, 0.5) is 0 Å². The van der Waals surface area contributed by atoms with Crippen LogP contribution >= 0.6 is 0 Å². The van der Waals surface area contributed by atoms with Gasteiger partial charge in [0.15, 0.2) is 0 Å². The number of primary amides is 1. The third-order valence-corrected chi connectivity index (χ3v) is 5.55. The van der Waals surface area contributed by atoms with Gasteiger partial charge in [0.25, 0.3) is 0 Å². The number of carbonyl (C=O) groups excluding carboxylic acids is 1. The Morgan fingerprint density at radius 1 is 1.17 bits per heavy atom. The molecule has 126 valence electrons. The molecule has 2 aliphatic heterocycles. The van der Waals surface area contributed by atoms with E-state index in [2.05, 4.69) is 41.8 Å². The quantitative estimate of drug-likeness (QED) is 0.927. The van der Waals surface area contributed by atoms with Crippen molar-refractivity contribution in [2.45, 2.75) is 58.2 Å². The average molecular weight is 315 g/mol. The molecule has 4 heteroatoms. The lowest BCUT2D eigenvalue weighted by molar-refractivity contribution is -0.123. The second-order valence-corrected chi connectivity index (χ2v) is 7.24.